The van der Waals surface area contributed by atoms with Crippen molar-refractivity contribution in [3.63, 3.8) is 0 Å². The summed E-state index contributed by atoms with van der Waals surface area (Å²) in [5, 5.41) is 3.67. The Balaban J connectivity index is 1.60. The van der Waals surface area contributed by atoms with E-state index in [1.54, 1.807) is 6.92 Å². The number of anilines is 3. The van der Waals surface area contributed by atoms with Crippen LogP contribution in [-0.4, -0.2) is 90.3 Å². The number of benzene rings is 1. The van der Waals surface area contributed by atoms with Crippen molar-refractivity contribution in [2.24, 2.45) is 0 Å². The summed E-state index contributed by atoms with van der Waals surface area (Å²) in [6.07, 6.45) is -4.34. The largest absolute Gasteiger partial charge is 0.469 e. The molecule has 3 heterocycles. The topological polar surface area (TPSA) is 83.5 Å². The van der Waals surface area contributed by atoms with Crippen LogP contribution >= 0.6 is 11.3 Å². The second-order valence-corrected chi connectivity index (χ2v) is 11.9. The number of ether oxygens (including phenoxy) is 1. The Hall–Kier alpha value is -3.36. The molecular weight excluding hydrogens is 586 g/mol. The summed E-state index contributed by atoms with van der Waals surface area (Å²) in [6, 6.07) is 4.36. The summed E-state index contributed by atoms with van der Waals surface area (Å²) in [5.41, 5.74) is -0.659. The first-order valence-corrected chi connectivity index (χ1v) is 15.0. The smallest absolute Gasteiger partial charge is 0.416 e. The fraction of sp³-hybridized carbons (Fsp3) is 0.517. The first-order valence-electron chi connectivity index (χ1n) is 14.2. The van der Waals surface area contributed by atoms with E-state index in [4.69, 9.17) is 4.74 Å². The molecule has 1 N–H and O–H groups in total. The number of hydrogen-bond acceptors (Lipinski definition) is 9. The van der Waals surface area contributed by atoms with Gasteiger partial charge in [-0.25, -0.2) is 19.3 Å². The number of carbonyl (C=O) groups excluding carboxylic acids is 1. The first kappa shape index (κ1) is 32.6. The lowest BCUT2D eigenvalue weighted by molar-refractivity contribution is -0.918. The van der Waals surface area contributed by atoms with Gasteiger partial charge in [0.15, 0.2) is 5.13 Å². The Labute approximate surface area is 253 Å². The van der Waals surface area contributed by atoms with Gasteiger partial charge in [0.05, 0.1) is 49.8 Å². The van der Waals surface area contributed by atoms with Crippen LogP contribution in [0.15, 0.2) is 24.3 Å². The quantitative estimate of drug-likeness (QED) is 0.171. The summed E-state index contributed by atoms with van der Waals surface area (Å²) < 4.78 is 60.4. The number of hydrogen-bond donors (Lipinski definition) is 1. The zero-order chi connectivity index (χ0) is 31.4. The molecule has 1 fully saturated rings. The number of carbonyl (C=O) groups is 1. The van der Waals surface area contributed by atoms with E-state index in [2.05, 4.69) is 51.0 Å². The third kappa shape index (κ3) is 8.39. The molecule has 2 aromatic heterocycles. The van der Waals surface area contributed by atoms with Crippen molar-refractivity contribution >= 4 is 34.1 Å². The maximum atomic E-state index is 14.4. The lowest BCUT2D eigenvalue weighted by Gasteiger charge is -2.35. The van der Waals surface area contributed by atoms with E-state index in [0.717, 1.165) is 49.0 Å². The van der Waals surface area contributed by atoms with Crippen LogP contribution in [0.4, 0.5) is 34.3 Å². The van der Waals surface area contributed by atoms with E-state index in [1.165, 1.54) is 18.4 Å². The highest BCUT2D eigenvalue weighted by molar-refractivity contribution is 7.16. The van der Waals surface area contributed by atoms with Crippen molar-refractivity contribution in [3.8, 4) is 11.3 Å². The van der Waals surface area contributed by atoms with Gasteiger partial charge < -0.3 is 19.4 Å². The van der Waals surface area contributed by atoms with E-state index in [0.29, 0.717) is 65.6 Å². The van der Waals surface area contributed by atoms with Gasteiger partial charge in [-0.1, -0.05) is 11.3 Å². The van der Waals surface area contributed by atoms with Crippen LogP contribution in [0.5, 0.6) is 0 Å². The summed E-state index contributed by atoms with van der Waals surface area (Å²) in [4.78, 5) is 30.4. The number of nitrogens with zero attached hydrogens (tertiary/aromatic N) is 6. The number of esters is 1. The predicted octanol–water partition coefficient (Wildman–Crippen LogP) is 5.48. The molecule has 1 aliphatic heterocycles. The van der Waals surface area contributed by atoms with E-state index in [-0.39, 0.29) is 11.5 Å². The molecule has 234 valence electrons. The summed E-state index contributed by atoms with van der Waals surface area (Å²) in [7, 11) is 3.45. The first-order chi connectivity index (χ1) is 20.3. The molecule has 3 aromatic rings. The van der Waals surface area contributed by atoms with E-state index in [9.17, 15) is 22.4 Å². The Morgan fingerprint density at radius 1 is 1.07 bits per heavy atom. The molecule has 0 unspecified atom stereocenters. The molecule has 4 rings (SSSR count). The number of nitrogens with one attached hydrogen (secondary N) is 1. The number of halogens is 4. The van der Waals surface area contributed by atoms with Crippen LogP contribution in [0.2, 0.25) is 0 Å². The minimum absolute atomic E-state index is 0.0787. The van der Waals surface area contributed by atoms with E-state index >= 15 is 0 Å². The van der Waals surface area contributed by atoms with Gasteiger partial charge in [0, 0.05) is 44.4 Å². The number of aryl methyl sites for hydroxylation is 1. The van der Waals surface area contributed by atoms with Gasteiger partial charge in [-0.05, 0) is 39.0 Å². The SMILES string of the molecule is CC[N+](C)(CC)Cc1sc(Nc2cc(N3CCN(CCC(=O)OC)CC3)nc(C)n2)nc1-c1cc(F)cc(C(F)(F)F)c1. The van der Waals surface area contributed by atoms with Gasteiger partial charge >= 0.3 is 12.1 Å². The van der Waals surface area contributed by atoms with Crippen molar-refractivity contribution in [3.05, 3.63) is 46.3 Å². The van der Waals surface area contributed by atoms with Gasteiger partial charge in [-0.3, -0.25) is 9.69 Å². The highest BCUT2D eigenvalue weighted by Crippen LogP contribution is 2.38. The molecule has 1 aromatic carbocycles. The molecule has 0 bridgehead atoms. The lowest BCUT2D eigenvalue weighted by Crippen LogP contribution is -2.47. The second kappa shape index (κ2) is 13.5. The van der Waals surface area contributed by atoms with Gasteiger partial charge in [0.25, 0.3) is 0 Å². The van der Waals surface area contributed by atoms with Crippen LogP contribution in [-0.2, 0) is 22.3 Å². The molecular formula is C29H38F4N7O2S+. The lowest BCUT2D eigenvalue weighted by atomic mass is 10.1. The maximum absolute atomic E-state index is 14.4. The highest BCUT2D eigenvalue weighted by Gasteiger charge is 2.32. The zero-order valence-corrected chi connectivity index (χ0v) is 25.9. The van der Waals surface area contributed by atoms with Crippen molar-refractivity contribution in [1.82, 2.24) is 19.9 Å². The van der Waals surface area contributed by atoms with Crippen LogP contribution in [0.3, 0.4) is 0 Å². The van der Waals surface area contributed by atoms with Crippen molar-refractivity contribution < 1.29 is 31.6 Å². The average Bonchev–Trinajstić information content (AvgIpc) is 3.36. The normalized spacial score (nSPS) is 14.7. The maximum Gasteiger partial charge on any atom is 0.416 e. The predicted molar refractivity (Wildman–Crippen MR) is 159 cm³/mol. The molecule has 14 heteroatoms. The zero-order valence-electron chi connectivity index (χ0n) is 25.1. The molecule has 0 spiro atoms. The van der Waals surface area contributed by atoms with Crippen molar-refractivity contribution in [2.45, 2.75) is 39.9 Å². The third-order valence-corrected chi connectivity index (χ3v) is 8.82. The molecule has 0 amide bonds. The van der Waals surface area contributed by atoms with E-state index in [1.807, 2.05) is 6.07 Å². The number of piperazine rings is 1. The Morgan fingerprint density at radius 2 is 1.77 bits per heavy atom. The van der Waals surface area contributed by atoms with Crippen molar-refractivity contribution in [1.29, 1.82) is 0 Å². The molecule has 9 nitrogen and oxygen atoms in total. The van der Waals surface area contributed by atoms with Crippen LogP contribution in [0, 0.1) is 12.7 Å². The summed E-state index contributed by atoms with van der Waals surface area (Å²) >= 11 is 1.32. The van der Waals surface area contributed by atoms with E-state index < -0.39 is 17.6 Å². The molecule has 1 aliphatic rings. The summed E-state index contributed by atoms with van der Waals surface area (Å²) in [6.45, 7) is 11.6. The van der Waals surface area contributed by atoms with Gasteiger partial charge in [-0.2, -0.15) is 13.2 Å². The second-order valence-electron chi connectivity index (χ2n) is 10.9. The number of quaternary nitrogens is 1. The number of thiazole rings is 1. The molecule has 0 atom stereocenters. The Kier molecular flexibility index (Phi) is 10.2. The molecule has 0 aliphatic carbocycles. The fourth-order valence-electron chi connectivity index (χ4n) is 4.86. The third-order valence-electron chi connectivity index (χ3n) is 7.86. The number of aromatic nitrogens is 3. The number of alkyl halides is 3. The monoisotopic (exact) mass is 624 g/mol. The Morgan fingerprint density at radius 3 is 2.40 bits per heavy atom. The van der Waals surface area contributed by atoms with Gasteiger partial charge in [0.2, 0.25) is 0 Å². The molecule has 0 saturated carbocycles. The molecule has 0 radical (unpaired) electrons. The fourth-order valence-corrected chi connectivity index (χ4v) is 6.02. The number of methoxy groups -OCH3 is 1. The molecule has 43 heavy (non-hydrogen) atoms. The van der Waals surface area contributed by atoms with Crippen molar-refractivity contribution in [2.75, 3.05) is 70.2 Å². The van der Waals surface area contributed by atoms with Gasteiger partial charge in [0.1, 0.15) is 29.8 Å². The van der Waals surface area contributed by atoms with Crippen LogP contribution < -0.4 is 10.2 Å². The standard InChI is InChI=1S/C29H38F4N7O2S/c1-6-40(4,7-2)18-23-27(20-14-21(29(31,32)33)16-22(30)15-20)37-28(43-23)36-24-17-25(35-19(3)34-24)39-12-10-38(11-13-39)9-8-26(41)42-5/h14-17H,6-13,18H2,1-5H3,(H,34,35,36,37)/q+1. The Bertz CT molecular complexity index is 1420. The van der Waals surface area contributed by atoms with Gasteiger partial charge in [-0.15, -0.1) is 0 Å². The average molecular weight is 625 g/mol. The minimum atomic E-state index is -4.69. The minimum Gasteiger partial charge on any atom is -0.469 e. The summed E-state index contributed by atoms with van der Waals surface area (Å²) in [5.74, 6) is 0.584. The number of rotatable bonds is 11. The van der Waals surface area contributed by atoms with Crippen LogP contribution in [0.1, 0.15) is 36.5 Å². The highest BCUT2D eigenvalue weighted by atomic mass is 32.1. The molecule has 1 saturated heterocycles. The van der Waals surface area contributed by atoms with Crippen LogP contribution in [0.25, 0.3) is 11.3 Å².